The van der Waals surface area contributed by atoms with Crippen LogP contribution in [-0.4, -0.2) is 5.11 Å². The van der Waals surface area contributed by atoms with E-state index in [-0.39, 0.29) is 0 Å². The van der Waals surface area contributed by atoms with Crippen LogP contribution in [0.1, 0.15) is 19.3 Å². The van der Waals surface area contributed by atoms with Crippen molar-refractivity contribution >= 4 is 0 Å². The van der Waals surface area contributed by atoms with E-state index in [9.17, 15) is 5.11 Å². The first-order valence-corrected chi connectivity index (χ1v) is 4.31. The van der Waals surface area contributed by atoms with Crippen molar-refractivity contribution in [2.45, 2.75) is 19.3 Å². The molecule has 0 atom stereocenters. The maximum absolute atomic E-state index is 9.32. The Morgan fingerprint density at radius 1 is 1.08 bits per heavy atom. The minimum absolute atomic E-state index is 0.525. The van der Waals surface area contributed by atoms with Gasteiger partial charge in [-0.3, -0.25) is 0 Å². The molecule has 0 heterocycles. The molecule has 0 saturated carbocycles. The molecule has 12 heavy (non-hydrogen) atoms. The highest BCUT2D eigenvalue weighted by Crippen LogP contribution is 2.27. The van der Waals surface area contributed by atoms with Gasteiger partial charge in [0.1, 0.15) is 0 Å². The van der Waals surface area contributed by atoms with Gasteiger partial charge in [0, 0.05) is 6.42 Å². The van der Waals surface area contributed by atoms with E-state index in [1.54, 1.807) is 0 Å². The van der Waals surface area contributed by atoms with Crippen molar-refractivity contribution in [3.05, 3.63) is 47.3 Å². The number of aliphatic hydroxyl groups excluding tert-OH is 1. The lowest BCUT2D eigenvalue weighted by Gasteiger charge is -2.13. The van der Waals surface area contributed by atoms with Crippen molar-refractivity contribution < 1.29 is 5.11 Å². The second kappa shape index (κ2) is 3.02. The van der Waals surface area contributed by atoms with Gasteiger partial charge in [-0.25, -0.2) is 0 Å². The number of hydrogen-bond donors (Lipinski definition) is 1. The molecule has 0 amide bonds. The second-order valence-corrected chi connectivity index (χ2v) is 3.18. The lowest BCUT2D eigenvalue weighted by Crippen LogP contribution is -1.96. The first-order chi connectivity index (χ1) is 5.86. The predicted molar refractivity (Wildman–Crippen MR) is 49.9 cm³/mol. The lowest BCUT2D eigenvalue weighted by molar-refractivity contribution is 0.385. The summed E-state index contributed by atoms with van der Waals surface area (Å²) >= 11 is 0. The standard InChI is InChI=1S/C11H12O/c12-11-7-6-9-4-2-1-3-5-10(9)8-11/h1-4,8,12H,5-7H2. The van der Waals surface area contributed by atoms with Gasteiger partial charge in [-0.1, -0.05) is 24.3 Å². The normalized spacial score (nSPS) is 21.8. The van der Waals surface area contributed by atoms with Gasteiger partial charge in [-0.15, -0.1) is 0 Å². The van der Waals surface area contributed by atoms with Gasteiger partial charge >= 0.3 is 0 Å². The van der Waals surface area contributed by atoms with E-state index in [1.807, 2.05) is 6.08 Å². The van der Waals surface area contributed by atoms with E-state index < -0.39 is 0 Å². The molecule has 0 aromatic heterocycles. The number of rotatable bonds is 0. The molecule has 1 heteroatoms. The van der Waals surface area contributed by atoms with Gasteiger partial charge in [0.25, 0.3) is 0 Å². The highest BCUT2D eigenvalue weighted by atomic mass is 16.3. The van der Waals surface area contributed by atoms with Crippen molar-refractivity contribution in [2.24, 2.45) is 0 Å². The molecular formula is C11H12O. The van der Waals surface area contributed by atoms with Crippen LogP contribution in [0.25, 0.3) is 0 Å². The smallest absolute Gasteiger partial charge is 0.0928 e. The first-order valence-electron chi connectivity index (χ1n) is 4.31. The van der Waals surface area contributed by atoms with E-state index >= 15 is 0 Å². The summed E-state index contributed by atoms with van der Waals surface area (Å²) in [6, 6.07) is 0. The fourth-order valence-corrected chi connectivity index (χ4v) is 1.61. The average Bonchev–Trinajstić information content (AvgIpc) is 2.28. The molecule has 0 spiro atoms. The third-order valence-corrected chi connectivity index (χ3v) is 2.29. The Bertz CT molecular complexity index is 303. The van der Waals surface area contributed by atoms with Crippen molar-refractivity contribution in [1.82, 2.24) is 0 Å². The highest BCUT2D eigenvalue weighted by Gasteiger charge is 2.10. The second-order valence-electron chi connectivity index (χ2n) is 3.18. The summed E-state index contributed by atoms with van der Waals surface area (Å²) in [4.78, 5) is 0. The molecule has 0 radical (unpaired) electrons. The van der Waals surface area contributed by atoms with Crippen LogP contribution in [0.2, 0.25) is 0 Å². The Labute approximate surface area is 72.4 Å². The molecule has 2 aliphatic rings. The minimum Gasteiger partial charge on any atom is -0.512 e. The van der Waals surface area contributed by atoms with Gasteiger partial charge in [-0.05, 0) is 30.1 Å². The first kappa shape index (κ1) is 7.41. The van der Waals surface area contributed by atoms with Gasteiger partial charge in [0.15, 0.2) is 0 Å². The summed E-state index contributed by atoms with van der Waals surface area (Å²) < 4.78 is 0. The zero-order valence-corrected chi connectivity index (χ0v) is 6.96. The summed E-state index contributed by atoms with van der Waals surface area (Å²) in [5.74, 6) is 0.525. The van der Waals surface area contributed by atoms with Crippen LogP contribution in [0.3, 0.4) is 0 Å². The Kier molecular flexibility index (Phi) is 1.86. The summed E-state index contributed by atoms with van der Waals surface area (Å²) in [7, 11) is 0. The van der Waals surface area contributed by atoms with Crippen LogP contribution in [0.5, 0.6) is 0 Å². The molecule has 0 aromatic carbocycles. The lowest BCUT2D eigenvalue weighted by atomic mass is 9.95. The topological polar surface area (TPSA) is 20.2 Å². The van der Waals surface area contributed by atoms with E-state index in [4.69, 9.17) is 0 Å². The monoisotopic (exact) mass is 160 g/mol. The molecule has 1 nitrogen and oxygen atoms in total. The summed E-state index contributed by atoms with van der Waals surface area (Å²) in [6.45, 7) is 0. The Morgan fingerprint density at radius 3 is 2.92 bits per heavy atom. The molecule has 0 saturated heterocycles. The summed E-state index contributed by atoms with van der Waals surface area (Å²) in [5.41, 5.74) is 2.64. The van der Waals surface area contributed by atoms with E-state index in [1.165, 1.54) is 11.1 Å². The Balaban J connectivity index is 2.35. The van der Waals surface area contributed by atoms with Crippen molar-refractivity contribution in [3.63, 3.8) is 0 Å². The van der Waals surface area contributed by atoms with E-state index in [0.29, 0.717) is 5.76 Å². The van der Waals surface area contributed by atoms with Crippen LogP contribution < -0.4 is 0 Å². The number of allylic oxidation sites excluding steroid dienone is 8. The molecule has 0 bridgehead atoms. The maximum Gasteiger partial charge on any atom is 0.0928 e. The SMILES string of the molecule is OC1=CC2=C(C=CC=CC2)CC1. The molecule has 0 aliphatic heterocycles. The van der Waals surface area contributed by atoms with E-state index in [0.717, 1.165) is 19.3 Å². The average molecular weight is 160 g/mol. The molecule has 62 valence electrons. The predicted octanol–water partition coefficient (Wildman–Crippen LogP) is 3.03. The molecule has 0 unspecified atom stereocenters. The van der Waals surface area contributed by atoms with E-state index in [2.05, 4.69) is 24.3 Å². The number of hydrogen-bond acceptors (Lipinski definition) is 1. The third kappa shape index (κ3) is 1.35. The minimum atomic E-state index is 0.525. The summed E-state index contributed by atoms with van der Waals surface area (Å²) in [5, 5.41) is 9.32. The van der Waals surface area contributed by atoms with Crippen LogP contribution in [0.4, 0.5) is 0 Å². The fourth-order valence-electron chi connectivity index (χ4n) is 1.61. The maximum atomic E-state index is 9.32. The quantitative estimate of drug-likeness (QED) is 0.577. The van der Waals surface area contributed by atoms with Gasteiger partial charge in [0.05, 0.1) is 5.76 Å². The molecule has 2 rings (SSSR count). The summed E-state index contributed by atoms with van der Waals surface area (Å²) in [6.07, 6.45) is 13.0. The molecule has 0 aromatic rings. The van der Waals surface area contributed by atoms with Crippen molar-refractivity contribution in [2.75, 3.05) is 0 Å². The molecule has 0 fully saturated rings. The van der Waals surface area contributed by atoms with Crippen molar-refractivity contribution in [3.8, 4) is 0 Å². The van der Waals surface area contributed by atoms with Crippen LogP contribution in [0.15, 0.2) is 47.3 Å². The van der Waals surface area contributed by atoms with Crippen LogP contribution in [-0.2, 0) is 0 Å². The molecule has 1 N–H and O–H groups in total. The van der Waals surface area contributed by atoms with Gasteiger partial charge < -0.3 is 5.11 Å². The fraction of sp³-hybridized carbons (Fsp3) is 0.273. The van der Waals surface area contributed by atoms with Crippen LogP contribution >= 0.6 is 0 Å². The largest absolute Gasteiger partial charge is 0.512 e. The number of aliphatic hydroxyl groups is 1. The van der Waals surface area contributed by atoms with Crippen LogP contribution in [0, 0.1) is 0 Å². The molecule has 2 aliphatic carbocycles. The van der Waals surface area contributed by atoms with Gasteiger partial charge in [-0.2, -0.15) is 0 Å². The third-order valence-electron chi connectivity index (χ3n) is 2.29. The Hall–Kier alpha value is -1.24. The highest BCUT2D eigenvalue weighted by molar-refractivity contribution is 5.41. The van der Waals surface area contributed by atoms with Gasteiger partial charge in [0.2, 0.25) is 0 Å². The molecular weight excluding hydrogens is 148 g/mol. The zero-order chi connectivity index (χ0) is 8.39. The Morgan fingerprint density at radius 2 is 2.00 bits per heavy atom. The van der Waals surface area contributed by atoms with Crippen molar-refractivity contribution in [1.29, 1.82) is 0 Å². The zero-order valence-electron chi connectivity index (χ0n) is 6.96.